The third-order valence-corrected chi connectivity index (χ3v) is 3.91. The van der Waals surface area contributed by atoms with Crippen LogP contribution in [0.1, 0.15) is 5.56 Å². The molecule has 4 heteroatoms. The first kappa shape index (κ1) is 14.0. The number of nitrogens with one attached hydrogen (secondary N) is 1. The molecule has 0 radical (unpaired) electrons. The Morgan fingerprint density at radius 3 is 2.52 bits per heavy atom. The zero-order valence-electron chi connectivity index (χ0n) is 12.5. The SMILES string of the molecule is CN(c1ccccc1)c1ccc(CN2CCNCC2)cn1. The molecule has 110 valence electrons. The fourth-order valence-electron chi connectivity index (χ4n) is 2.62. The Bertz CT molecular complexity index is 547. The topological polar surface area (TPSA) is 31.4 Å². The van der Waals surface area contributed by atoms with Crippen LogP contribution < -0.4 is 10.2 Å². The van der Waals surface area contributed by atoms with Crippen molar-refractivity contribution in [2.75, 3.05) is 38.1 Å². The molecule has 0 saturated carbocycles. The zero-order chi connectivity index (χ0) is 14.5. The maximum absolute atomic E-state index is 4.60. The van der Waals surface area contributed by atoms with Gasteiger partial charge < -0.3 is 10.2 Å². The lowest BCUT2D eigenvalue weighted by Gasteiger charge is -2.27. The smallest absolute Gasteiger partial charge is 0.132 e. The number of rotatable bonds is 4. The monoisotopic (exact) mass is 282 g/mol. The van der Waals surface area contributed by atoms with Crippen LogP contribution in [0.15, 0.2) is 48.7 Å². The summed E-state index contributed by atoms with van der Waals surface area (Å²) in [7, 11) is 2.05. The van der Waals surface area contributed by atoms with Crippen molar-refractivity contribution in [1.29, 1.82) is 0 Å². The second-order valence-electron chi connectivity index (χ2n) is 5.45. The number of hydrogen-bond donors (Lipinski definition) is 1. The van der Waals surface area contributed by atoms with Crippen LogP contribution in [0.5, 0.6) is 0 Å². The van der Waals surface area contributed by atoms with Gasteiger partial charge in [-0.25, -0.2) is 4.98 Å². The van der Waals surface area contributed by atoms with E-state index in [1.54, 1.807) is 0 Å². The molecule has 1 saturated heterocycles. The van der Waals surface area contributed by atoms with Crippen LogP contribution >= 0.6 is 0 Å². The number of anilines is 2. The Morgan fingerprint density at radius 2 is 1.86 bits per heavy atom. The van der Waals surface area contributed by atoms with Gasteiger partial charge in [0.05, 0.1) is 0 Å². The number of piperazine rings is 1. The van der Waals surface area contributed by atoms with Crippen molar-refractivity contribution < 1.29 is 0 Å². The maximum atomic E-state index is 4.60. The van der Waals surface area contributed by atoms with Crippen molar-refractivity contribution >= 4 is 11.5 Å². The fraction of sp³-hybridized carbons (Fsp3) is 0.353. The molecule has 0 spiro atoms. The summed E-state index contributed by atoms with van der Waals surface area (Å²) in [5.74, 6) is 0.977. The molecular weight excluding hydrogens is 260 g/mol. The van der Waals surface area contributed by atoms with Crippen LogP contribution in [0.3, 0.4) is 0 Å². The van der Waals surface area contributed by atoms with Gasteiger partial charge in [0, 0.05) is 51.7 Å². The summed E-state index contributed by atoms with van der Waals surface area (Å²) in [5.41, 5.74) is 2.43. The summed E-state index contributed by atoms with van der Waals surface area (Å²) in [6.45, 7) is 5.39. The van der Waals surface area contributed by atoms with Crippen LogP contribution in [-0.4, -0.2) is 43.1 Å². The lowest BCUT2D eigenvalue weighted by atomic mass is 10.2. The third kappa shape index (κ3) is 3.60. The molecule has 0 atom stereocenters. The first-order valence-electron chi connectivity index (χ1n) is 7.50. The van der Waals surface area contributed by atoms with E-state index < -0.39 is 0 Å². The van der Waals surface area contributed by atoms with Gasteiger partial charge in [-0.3, -0.25) is 4.90 Å². The van der Waals surface area contributed by atoms with Gasteiger partial charge in [0.25, 0.3) is 0 Å². The molecule has 2 heterocycles. The summed E-state index contributed by atoms with van der Waals surface area (Å²) in [6.07, 6.45) is 2.00. The minimum Gasteiger partial charge on any atom is -0.329 e. The van der Waals surface area contributed by atoms with Gasteiger partial charge >= 0.3 is 0 Å². The Morgan fingerprint density at radius 1 is 1.10 bits per heavy atom. The molecule has 1 aromatic heterocycles. The molecule has 2 aromatic rings. The van der Waals surface area contributed by atoms with Gasteiger partial charge in [-0.2, -0.15) is 0 Å². The molecule has 1 fully saturated rings. The number of pyridine rings is 1. The van der Waals surface area contributed by atoms with E-state index in [2.05, 4.69) is 44.4 Å². The predicted octanol–water partition coefficient (Wildman–Crippen LogP) is 2.25. The van der Waals surface area contributed by atoms with E-state index in [9.17, 15) is 0 Å². The fourth-order valence-corrected chi connectivity index (χ4v) is 2.62. The van der Waals surface area contributed by atoms with E-state index in [4.69, 9.17) is 0 Å². The molecule has 21 heavy (non-hydrogen) atoms. The molecule has 0 bridgehead atoms. The standard InChI is InChI=1S/C17H22N4/c1-20(16-5-3-2-4-6-16)17-8-7-15(13-19-17)14-21-11-9-18-10-12-21/h2-8,13,18H,9-12,14H2,1H3. The summed E-state index contributed by atoms with van der Waals surface area (Å²) >= 11 is 0. The molecule has 0 unspecified atom stereocenters. The number of para-hydroxylation sites is 1. The first-order chi connectivity index (χ1) is 10.3. The van der Waals surface area contributed by atoms with Crippen LogP contribution in [0.4, 0.5) is 11.5 Å². The van der Waals surface area contributed by atoms with Gasteiger partial charge in [-0.05, 0) is 23.8 Å². The number of hydrogen-bond acceptors (Lipinski definition) is 4. The van der Waals surface area contributed by atoms with Gasteiger partial charge in [0.1, 0.15) is 5.82 Å². The first-order valence-corrected chi connectivity index (χ1v) is 7.50. The summed E-state index contributed by atoms with van der Waals surface area (Å²) in [4.78, 5) is 9.18. The Kier molecular flexibility index (Phi) is 4.48. The molecule has 1 aromatic carbocycles. The number of nitrogens with zero attached hydrogens (tertiary/aromatic N) is 3. The van der Waals surface area contributed by atoms with Crippen molar-refractivity contribution in [1.82, 2.24) is 15.2 Å². The lowest BCUT2D eigenvalue weighted by molar-refractivity contribution is 0.233. The van der Waals surface area contributed by atoms with Crippen molar-refractivity contribution in [2.45, 2.75) is 6.54 Å². The Hall–Kier alpha value is -1.91. The molecule has 0 aliphatic carbocycles. The molecular formula is C17H22N4. The zero-order valence-corrected chi connectivity index (χ0v) is 12.5. The van der Waals surface area contributed by atoms with E-state index in [1.807, 2.05) is 31.4 Å². The van der Waals surface area contributed by atoms with Crippen LogP contribution in [0.25, 0.3) is 0 Å². The van der Waals surface area contributed by atoms with Gasteiger partial charge in [-0.15, -0.1) is 0 Å². The highest BCUT2D eigenvalue weighted by atomic mass is 15.2. The molecule has 1 N–H and O–H groups in total. The van der Waals surface area contributed by atoms with Crippen LogP contribution in [0.2, 0.25) is 0 Å². The van der Waals surface area contributed by atoms with Crippen molar-refractivity contribution in [3.05, 3.63) is 54.2 Å². The second kappa shape index (κ2) is 6.70. The van der Waals surface area contributed by atoms with Crippen molar-refractivity contribution in [3.63, 3.8) is 0 Å². The van der Waals surface area contributed by atoms with Gasteiger partial charge in [0.2, 0.25) is 0 Å². The lowest BCUT2D eigenvalue weighted by Crippen LogP contribution is -2.42. The largest absolute Gasteiger partial charge is 0.329 e. The van der Waals surface area contributed by atoms with E-state index in [0.717, 1.165) is 44.2 Å². The quantitative estimate of drug-likeness (QED) is 0.932. The van der Waals surface area contributed by atoms with E-state index in [1.165, 1.54) is 5.56 Å². The number of aromatic nitrogens is 1. The maximum Gasteiger partial charge on any atom is 0.132 e. The predicted molar refractivity (Wildman–Crippen MR) is 86.9 cm³/mol. The summed E-state index contributed by atoms with van der Waals surface area (Å²) in [5, 5.41) is 3.38. The van der Waals surface area contributed by atoms with Gasteiger partial charge in [0.15, 0.2) is 0 Å². The third-order valence-electron chi connectivity index (χ3n) is 3.91. The Balaban J connectivity index is 1.66. The normalized spacial score (nSPS) is 15.9. The number of benzene rings is 1. The highest BCUT2D eigenvalue weighted by Crippen LogP contribution is 2.21. The molecule has 1 aliphatic rings. The van der Waals surface area contributed by atoms with Crippen molar-refractivity contribution in [2.24, 2.45) is 0 Å². The Labute approximate surface area is 126 Å². The second-order valence-corrected chi connectivity index (χ2v) is 5.45. The van der Waals surface area contributed by atoms with Crippen molar-refractivity contribution in [3.8, 4) is 0 Å². The minimum atomic E-state index is 0.977. The average Bonchev–Trinajstić information content (AvgIpc) is 2.57. The van der Waals surface area contributed by atoms with E-state index >= 15 is 0 Å². The summed E-state index contributed by atoms with van der Waals surface area (Å²) < 4.78 is 0. The highest BCUT2D eigenvalue weighted by Gasteiger charge is 2.10. The van der Waals surface area contributed by atoms with E-state index in [0.29, 0.717) is 0 Å². The molecule has 4 nitrogen and oxygen atoms in total. The van der Waals surface area contributed by atoms with E-state index in [-0.39, 0.29) is 0 Å². The highest BCUT2D eigenvalue weighted by molar-refractivity contribution is 5.58. The molecule has 3 rings (SSSR count). The van der Waals surface area contributed by atoms with Crippen LogP contribution in [0, 0.1) is 0 Å². The average molecular weight is 282 g/mol. The van der Waals surface area contributed by atoms with Gasteiger partial charge in [-0.1, -0.05) is 24.3 Å². The summed E-state index contributed by atoms with van der Waals surface area (Å²) in [6, 6.07) is 14.6. The minimum absolute atomic E-state index is 0.977. The molecule has 1 aliphatic heterocycles. The molecule has 0 amide bonds. The van der Waals surface area contributed by atoms with Crippen LogP contribution in [-0.2, 0) is 6.54 Å².